The highest BCUT2D eigenvalue weighted by Crippen LogP contribution is 2.23. The van der Waals surface area contributed by atoms with E-state index in [0.717, 1.165) is 11.8 Å². The number of carbonyl (C=O) groups excluding carboxylic acids is 1. The van der Waals surface area contributed by atoms with Gasteiger partial charge in [0, 0.05) is 6.08 Å². The zero-order chi connectivity index (χ0) is 11.4. The second kappa shape index (κ2) is 4.75. The number of thioether (sulfide) groups is 1. The summed E-state index contributed by atoms with van der Waals surface area (Å²) in [4.78, 5) is 25.0. The first kappa shape index (κ1) is 11.5. The first-order valence-corrected chi connectivity index (χ1v) is 5.08. The van der Waals surface area contributed by atoms with Crippen LogP contribution in [0.1, 0.15) is 6.92 Å². The summed E-state index contributed by atoms with van der Waals surface area (Å²) < 4.78 is 0. The first-order valence-electron chi connectivity index (χ1n) is 4.09. The van der Waals surface area contributed by atoms with Crippen LogP contribution in [0.3, 0.4) is 0 Å². The van der Waals surface area contributed by atoms with Gasteiger partial charge in [-0.15, -0.1) is 0 Å². The van der Waals surface area contributed by atoms with E-state index in [2.05, 4.69) is 4.99 Å². The van der Waals surface area contributed by atoms with Gasteiger partial charge in [0.05, 0.1) is 16.9 Å². The van der Waals surface area contributed by atoms with Gasteiger partial charge in [0.2, 0.25) is 0 Å². The van der Waals surface area contributed by atoms with Crippen LogP contribution >= 0.6 is 11.8 Å². The summed E-state index contributed by atoms with van der Waals surface area (Å²) in [5, 5.41) is 17.6. The minimum Gasteiger partial charge on any atom is -0.481 e. The first-order chi connectivity index (χ1) is 7.04. The molecule has 0 aromatic heterocycles. The van der Waals surface area contributed by atoms with Crippen molar-refractivity contribution in [1.82, 2.24) is 0 Å². The third-order valence-corrected chi connectivity index (χ3v) is 2.76. The van der Waals surface area contributed by atoms with Gasteiger partial charge in [-0.3, -0.25) is 9.59 Å². The molecule has 1 rings (SSSR count). The standard InChI is InChI=1S/C9H8N2O3S/c1-5-2-7(12)11-9(6(5)3-10)15-4-8(13)14/h2,6H,4H2,1H3,(H,13,14). The normalized spacial score (nSPS) is 20.3. The molecule has 15 heavy (non-hydrogen) atoms. The maximum Gasteiger partial charge on any atom is 0.313 e. The number of nitrogens with zero attached hydrogens (tertiary/aromatic N) is 2. The molecule has 0 aromatic carbocycles. The van der Waals surface area contributed by atoms with Crippen molar-refractivity contribution in [1.29, 1.82) is 5.26 Å². The van der Waals surface area contributed by atoms with Gasteiger partial charge in [-0.2, -0.15) is 5.26 Å². The smallest absolute Gasteiger partial charge is 0.313 e. The number of aliphatic imine (C=N–C) groups is 1. The van der Waals surface area contributed by atoms with E-state index >= 15 is 0 Å². The lowest BCUT2D eigenvalue weighted by Gasteiger charge is -2.14. The fourth-order valence-electron chi connectivity index (χ4n) is 1.09. The largest absolute Gasteiger partial charge is 0.481 e. The monoisotopic (exact) mass is 224 g/mol. The predicted octanol–water partition coefficient (Wildman–Crippen LogP) is 0.829. The topological polar surface area (TPSA) is 90.5 Å². The Morgan fingerprint density at radius 2 is 2.47 bits per heavy atom. The van der Waals surface area contributed by atoms with Crippen LogP contribution in [0.2, 0.25) is 0 Å². The third-order valence-electron chi connectivity index (χ3n) is 1.75. The summed E-state index contributed by atoms with van der Waals surface area (Å²) in [6.07, 6.45) is 1.29. The Kier molecular flexibility index (Phi) is 3.63. The van der Waals surface area contributed by atoms with E-state index in [1.54, 1.807) is 6.92 Å². The minimum absolute atomic E-state index is 0.197. The molecular formula is C9H8N2O3S. The molecule has 0 aliphatic carbocycles. The zero-order valence-corrected chi connectivity index (χ0v) is 8.74. The maximum atomic E-state index is 11.1. The van der Waals surface area contributed by atoms with E-state index in [4.69, 9.17) is 10.4 Å². The van der Waals surface area contributed by atoms with Crippen molar-refractivity contribution in [3.05, 3.63) is 11.6 Å². The molecule has 1 unspecified atom stereocenters. The Morgan fingerprint density at radius 1 is 1.80 bits per heavy atom. The Hall–Kier alpha value is -1.61. The van der Waals surface area contributed by atoms with Crippen molar-refractivity contribution in [2.45, 2.75) is 6.92 Å². The summed E-state index contributed by atoms with van der Waals surface area (Å²) in [5.41, 5.74) is 0.602. The average molecular weight is 224 g/mol. The number of allylic oxidation sites excluding steroid dienone is 1. The number of amides is 1. The third kappa shape index (κ3) is 2.92. The van der Waals surface area contributed by atoms with Crippen LogP contribution in [0.15, 0.2) is 16.6 Å². The van der Waals surface area contributed by atoms with Gasteiger partial charge in [-0.1, -0.05) is 11.8 Å². The molecule has 6 heteroatoms. The fraction of sp³-hybridized carbons (Fsp3) is 0.333. The molecule has 0 fully saturated rings. The van der Waals surface area contributed by atoms with Crippen molar-refractivity contribution >= 4 is 28.7 Å². The number of carbonyl (C=O) groups is 2. The Morgan fingerprint density at radius 3 is 3.00 bits per heavy atom. The number of carboxylic acids is 1. The second-order valence-corrected chi connectivity index (χ2v) is 3.92. The molecule has 0 saturated heterocycles. The molecule has 1 aliphatic heterocycles. The number of hydrogen-bond donors (Lipinski definition) is 1. The number of carboxylic acid groups (broad SMARTS) is 1. The highest BCUT2D eigenvalue weighted by atomic mass is 32.2. The lowest BCUT2D eigenvalue weighted by Crippen LogP contribution is -2.19. The van der Waals surface area contributed by atoms with Crippen molar-refractivity contribution in [2.75, 3.05) is 5.75 Å². The number of nitriles is 1. The van der Waals surface area contributed by atoms with Gasteiger partial charge in [0.1, 0.15) is 5.92 Å². The van der Waals surface area contributed by atoms with Gasteiger partial charge >= 0.3 is 5.97 Å². The Labute approximate surface area is 90.5 Å². The Balaban J connectivity index is 2.82. The molecular weight excluding hydrogens is 216 g/mol. The summed E-state index contributed by atoms with van der Waals surface area (Å²) in [6.45, 7) is 1.65. The summed E-state index contributed by atoms with van der Waals surface area (Å²) in [6, 6.07) is 1.98. The van der Waals surface area contributed by atoms with Crippen molar-refractivity contribution in [2.24, 2.45) is 10.9 Å². The van der Waals surface area contributed by atoms with E-state index in [9.17, 15) is 9.59 Å². The summed E-state index contributed by atoms with van der Waals surface area (Å²) >= 11 is 0.912. The molecule has 0 aromatic rings. The van der Waals surface area contributed by atoms with Crippen LogP contribution in [-0.2, 0) is 9.59 Å². The van der Waals surface area contributed by atoms with Crippen LogP contribution in [0.25, 0.3) is 0 Å². The number of rotatable bonds is 2. The van der Waals surface area contributed by atoms with E-state index in [0.29, 0.717) is 5.57 Å². The minimum atomic E-state index is -1.00. The fourth-order valence-corrected chi connectivity index (χ4v) is 1.92. The van der Waals surface area contributed by atoms with Crippen molar-refractivity contribution in [3.63, 3.8) is 0 Å². The predicted molar refractivity (Wildman–Crippen MR) is 55.4 cm³/mol. The number of hydrogen-bond acceptors (Lipinski definition) is 4. The van der Waals surface area contributed by atoms with Gasteiger partial charge in [0.15, 0.2) is 0 Å². The maximum absolute atomic E-state index is 11.1. The van der Waals surface area contributed by atoms with E-state index < -0.39 is 17.8 Å². The average Bonchev–Trinajstić information content (AvgIpc) is 2.13. The second-order valence-electron chi connectivity index (χ2n) is 2.92. The van der Waals surface area contributed by atoms with Crippen molar-refractivity contribution in [3.8, 4) is 6.07 Å². The van der Waals surface area contributed by atoms with E-state index in [-0.39, 0.29) is 10.8 Å². The van der Waals surface area contributed by atoms with Gasteiger partial charge in [0.25, 0.3) is 5.91 Å². The molecule has 0 bridgehead atoms. The summed E-state index contributed by atoms with van der Waals surface area (Å²) in [5.74, 6) is -2.23. The molecule has 0 saturated carbocycles. The molecule has 1 heterocycles. The Bertz CT molecular complexity index is 406. The van der Waals surface area contributed by atoms with Crippen LogP contribution in [-0.4, -0.2) is 27.8 Å². The highest BCUT2D eigenvalue weighted by Gasteiger charge is 2.24. The quantitative estimate of drug-likeness (QED) is 0.750. The number of dihydropyridines is 1. The molecule has 0 spiro atoms. The molecule has 5 nitrogen and oxygen atoms in total. The molecule has 1 aliphatic rings. The van der Waals surface area contributed by atoms with E-state index in [1.807, 2.05) is 6.07 Å². The van der Waals surface area contributed by atoms with Crippen LogP contribution in [0.5, 0.6) is 0 Å². The summed E-state index contributed by atoms with van der Waals surface area (Å²) in [7, 11) is 0. The molecule has 1 amide bonds. The zero-order valence-electron chi connectivity index (χ0n) is 7.93. The van der Waals surface area contributed by atoms with Gasteiger partial charge in [-0.25, -0.2) is 4.99 Å². The van der Waals surface area contributed by atoms with Crippen LogP contribution in [0.4, 0.5) is 0 Å². The number of aliphatic carboxylic acids is 1. The molecule has 0 radical (unpaired) electrons. The highest BCUT2D eigenvalue weighted by molar-refractivity contribution is 8.14. The van der Waals surface area contributed by atoms with E-state index in [1.165, 1.54) is 6.08 Å². The molecule has 78 valence electrons. The van der Waals surface area contributed by atoms with Gasteiger partial charge < -0.3 is 5.11 Å². The molecule has 1 atom stereocenters. The van der Waals surface area contributed by atoms with Crippen LogP contribution in [0, 0.1) is 17.2 Å². The molecule has 1 N–H and O–H groups in total. The lowest BCUT2D eigenvalue weighted by molar-refractivity contribution is -0.133. The van der Waals surface area contributed by atoms with Gasteiger partial charge in [-0.05, 0) is 12.5 Å². The van der Waals surface area contributed by atoms with Crippen LogP contribution < -0.4 is 0 Å². The SMILES string of the molecule is CC1=CC(=O)N=C(SCC(=O)O)C1C#N. The lowest BCUT2D eigenvalue weighted by atomic mass is 10.0. The van der Waals surface area contributed by atoms with Crippen molar-refractivity contribution < 1.29 is 14.7 Å².